The SMILES string of the molecule is CC(C)(Nc1nccc(C(=O)O)c1N)C(N)=O. The average molecular weight is 238 g/mol. The lowest BCUT2D eigenvalue weighted by Gasteiger charge is -2.23. The molecule has 1 aromatic rings. The summed E-state index contributed by atoms with van der Waals surface area (Å²) in [5.74, 6) is -1.64. The Bertz CT molecular complexity index is 471. The zero-order chi connectivity index (χ0) is 13.2. The molecule has 0 aliphatic carbocycles. The molecule has 1 amide bonds. The Kier molecular flexibility index (Phi) is 3.21. The Morgan fingerprint density at radius 2 is 2.06 bits per heavy atom. The van der Waals surface area contributed by atoms with Crippen LogP contribution in [0.5, 0.6) is 0 Å². The molecule has 1 rings (SSSR count). The largest absolute Gasteiger partial charge is 0.478 e. The maximum atomic E-state index is 11.1. The van der Waals surface area contributed by atoms with Gasteiger partial charge in [-0.3, -0.25) is 4.79 Å². The van der Waals surface area contributed by atoms with Gasteiger partial charge in [-0.15, -0.1) is 0 Å². The Morgan fingerprint density at radius 1 is 1.47 bits per heavy atom. The normalized spacial score (nSPS) is 10.9. The number of amides is 1. The van der Waals surface area contributed by atoms with Crippen LogP contribution in [0, 0.1) is 0 Å². The number of nitrogens with zero attached hydrogens (tertiary/aromatic N) is 1. The second-order valence-electron chi connectivity index (χ2n) is 4.04. The van der Waals surface area contributed by atoms with Gasteiger partial charge in [0.2, 0.25) is 5.91 Å². The lowest BCUT2D eigenvalue weighted by molar-refractivity contribution is -0.121. The second kappa shape index (κ2) is 4.28. The summed E-state index contributed by atoms with van der Waals surface area (Å²) in [5.41, 5.74) is 9.63. The molecule has 0 atom stereocenters. The van der Waals surface area contributed by atoms with Gasteiger partial charge in [0, 0.05) is 6.20 Å². The van der Waals surface area contributed by atoms with Crippen molar-refractivity contribution in [3.05, 3.63) is 17.8 Å². The number of carboxylic acid groups (broad SMARTS) is 1. The van der Waals surface area contributed by atoms with Crippen LogP contribution in [0.3, 0.4) is 0 Å². The standard InChI is InChI=1S/C10H14N4O3/c1-10(2,9(12)17)14-7-6(11)5(8(15)16)3-4-13-7/h3-4H,11H2,1-2H3,(H2,12,17)(H,13,14)(H,15,16). The van der Waals surface area contributed by atoms with E-state index in [1.54, 1.807) is 13.8 Å². The van der Waals surface area contributed by atoms with Crippen LogP contribution in [-0.4, -0.2) is 27.5 Å². The maximum Gasteiger partial charge on any atom is 0.337 e. The van der Waals surface area contributed by atoms with E-state index in [0.29, 0.717) is 0 Å². The van der Waals surface area contributed by atoms with Crippen molar-refractivity contribution in [3.8, 4) is 0 Å². The predicted octanol–water partition coefficient (Wildman–Crippen LogP) is 0.0378. The number of carbonyl (C=O) groups excluding carboxylic acids is 1. The third-order valence-corrected chi connectivity index (χ3v) is 2.27. The van der Waals surface area contributed by atoms with E-state index in [-0.39, 0.29) is 17.1 Å². The third-order valence-electron chi connectivity index (χ3n) is 2.27. The van der Waals surface area contributed by atoms with Crippen LogP contribution in [0.15, 0.2) is 12.3 Å². The number of carbonyl (C=O) groups is 2. The molecule has 0 aliphatic heterocycles. The minimum Gasteiger partial charge on any atom is -0.478 e. The topological polar surface area (TPSA) is 131 Å². The van der Waals surface area contributed by atoms with Gasteiger partial charge in [0.05, 0.1) is 11.3 Å². The van der Waals surface area contributed by atoms with Gasteiger partial charge in [0.25, 0.3) is 0 Å². The molecule has 17 heavy (non-hydrogen) atoms. The highest BCUT2D eigenvalue weighted by atomic mass is 16.4. The monoisotopic (exact) mass is 238 g/mol. The van der Waals surface area contributed by atoms with E-state index in [2.05, 4.69) is 10.3 Å². The van der Waals surface area contributed by atoms with Crippen molar-refractivity contribution in [2.24, 2.45) is 5.73 Å². The van der Waals surface area contributed by atoms with Gasteiger partial charge < -0.3 is 21.9 Å². The number of aromatic carboxylic acids is 1. The van der Waals surface area contributed by atoms with E-state index in [4.69, 9.17) is 16.6 Å². The molecule has 0 radical (unpaired) electrons. The fourth-order valence-electron chi connectivity index (χ4n) is 1.12. The van der Waals surface area contributed by atoms with Crippen molar-refractivity contribution in [2.45, 2.75) is 19.4 Å². The molecule has 0 saturated carbocycles. The number of hydrogen-bond donors (Lipinski definition) is 4. The number of nitrogen functional groups attached to an aromatic ring is 1. The van der Waals surface area contributed by atoms with Crippen molar-refractivity contribution in [3.63, 3.8) is 0 Å². The van der Waals surface area contributed by atoms with E-state index in [1.165, 1.54) is 12.3 Å². The van der Waals surface area contributed by atoms with Crippen molar-refractivity contribution < 1.29 is 14.7 Å². The number of carboxylic acids is 1. The molecule has 1 aromatic heterocycles. The number of aromatic nitrogens is 1. The summed E-state index contributed by atoms with van der Waals surface area (Å²) < 4.78 is 0. The first-order valence-corrected chi connectivity index (χ1v) is 4.81. The molecule has 0 spiro atoms. The summed E-state index contributed by atoms with van der Waals surface area (Å²) in [4.78, 5) is 25.9. The lowest BCUT2D eigenvalue weighted by atomic mass is 10.0. The number of rotatable bonds is 4. The highest BCUT2D eigenvalue weighted by molar-refractivity contribution is 5.97. The van der Waals surface area contributed by atoms with Crippen LogP contribution < -0.4 is 16.8 Å². The molecular formula is C10H14N4O3. The molecule has 0 fully saturated rings. The van der Waals surface area contributed by atoms with Crippen LogP contribution in [0.1, 0.15) is 24.2 Å². The second-order valence-corrected chi connectivity index (χ2v) is 4.04. The summed E-state index contributed by atoms with van der Waals surface area (Å²) in [6.07, 6.45) is 1.29. The summed E-state index contributed by atoms with van der Waals surface area (Å²) >= 11 is 0. The number of pyridine rings is 1. The van der Waals surface area contributed by atoms with Gasteiger partial charge in [-0.25, -0.2) is 9.78 Å². The Labute approximate surface area is 97.8 Å². The number of nitrogens with one attached hydrogen (secondary N) is 1. The maximum absolute atomic E-state index is 11.1. The molecule has 0 unspecified atom stereocenters. The molecule has 0 aromatic carbocycles. The smallest absolute Gasteiger partial charge is 0.337 e. The minimum atomic E-state index is -1.16. The van der Waals surface area contributed by atoms with E-state index in [9.17, 15) is 9.59 Å². The summed E-state index contributed by atoms with van der Waals surface area (Å²) in [5, 5.41) is 11.6. The van der Waals surface area contributed by atoms with Gasteiger partial charge in [-0.2, -0.15) is 0 Å². The number of primary amides is 1. The van der Waals surface area contributed by atoms with E-state index >= 15 is 0 Å². The first-order valence-electron chi connectivity index (χ1n) is 4.81. The predicted molar refractivity (Wildman–Crippen MR) is 62.5 cm³/mol. The van der Waals surface area contributed by atoms with Crippen LogP contribution >= 0.6 is 0 Å². The van der Waals surface area contributed by atoms with Gasteiger partial charge in [0.15, 0.2) is 5.82 Å². The minimum absolute atomic E-state index is 0.0330. The van der Waals surface area contributed by atoms with Gasteiger partial charge in [-0.1, -0.05) is 0 Å². The number of nitrogens with two attached hydrogens (primary N) is 2. The molecule has 0 aliphatic rings. The lowest BCUT2D eigenvalue weighted by Crippen LogP contribution is -2.45. The molecular weight excluding hydrogens is 224 g/mol. The van der Waals surface area contributed by atoms with Gasteiger partial charge in [0.1, 0.15) is 5.54 Å². The molecule has 0 saturated heterocycles. The number of anilines is 2. The zero-order valence-electron chi connectivity index (χ0n) is 9.52. The molecule has 92 valence electrons. The van der Waals surface area contributed by atoms with Crippen molar-refractivity contribution in [1.82, 2.24) is 4.98 Å². The highest BCUT2D eigenvalue weighted by Crippen LogP contribution is 2.23. The Morgan fingerprint density at radius 3 is 2.53 bits per heavy atom. The van der Waals surface area contributed by atoms with E-state index < -0.39 is 17.4 Å². The van der Waals surface area contributed by atoms with Gasteiger partial charge in [-0.05, 0) is 19.9 Å². The number of hydrogen-bond acceptors (Lipinski definition) is 5. The third kappa shape index (κ3) is 2.63. The van der Waals surface area contributed by atoms with Crippen molar-refractivity contribution >= 4 is 23.4 Å². The first-order chi connectivity index (χ1) is 7.75. The average Bonchev–Trinajstić information content (AvgIpc) is 2.20. The quantitative estimate of drug-likeness (QED) is 0.585. The Balaban J connectivity index is 3.13. The molecule has 7 nitrogen and oxygen atoms in total. The fraction of sp³-hybridized carbons (Fsp3) is 0.300. The first kappa shape index (κ1) is 12.8. The summed E-state index contributed by atoms with van der Waals surface area (Å²) in [6.45, 7) is 3.09. The molecule has 7 heteroatoms. The van der Waals surface area contributed by atoms with Crippen LogP contribution in [-0.2, 0) is 4.79 Å². The highest BCUT2D eigenvalue weighted by Gasteiger charge is 2.26. The molecule has 6 N–H and O–H groups in total. The molecule has 0 bridgehead atoms. The van der Waals surface area contributed by atoms with Crippen LogP contribution in [0.4, 0.5) is 11.5 Å². The fourth-order valence-corrected chi connectivity index (χ4v) is 1.12. The van der Waals surface area contributed by atoms with Crippen LogP contribution in [0.25, 0.3) is 0 Å². The van der Waals surface area contributed by atoms with Crippen molar-refractivity contribution in [1.29, 1.82) is 0 Å². The van der Waals surface area contributed by atoms with Crippen molar-refractivity contribution in [2.75, 3.05) is 11.1 Å². The summed E-state index contributed by atoms with van der Waals surface area (Å²) in [7, 11) is 0. The van der Waals surface area contributed by atoms with Crippen LogP contribution in [0.2, 0.25) is 0 Å². The van der Waals surface area contributed by atoms with E-state index in [0.717, 1.165) is 0 Å². The summed E-state index contributed by atoms with van der Waals surface area (Å²) in [6, 6.07) is 1.28. The van der Waals surface area contributed by atoms with E-state index in [1.807, 2.05) is 0 Å². The van der Waals surface area contributed by atoms with Gasteiger partial charge >= 0.3 is 5.97 Å². The molecule has 1 heterocycles. The Hall–Kier alpha value is -2.31. The zero-order valence-corrected chi connectivity index (χ0v) is 9.52.